The molecule has 0 amide bonds. The fourth-order valence-corrected chi connectivity index (χ4v) is 9.58. The lowest BCUT2D eigenvalue weighted by atomic mass is 10.2. The summed E-state index contributed by atoms with van der Waals surface area (Å²) in [5, 5.41) is 9.49. The van der Waals surface area contributed by atoms with E-state index >= 15 is 0 Å². The predicted octanol–water partition coefficient (Wildman–Crippen LogP) is 8.13. The Hall–Kier alpha value is -2.59. The van der Waals surface area contributed by atoms with Crippen LogP contribution in [0.1, 0.15) is 61.0 Å². The van der Waals surface area contributed by atoms with Gasteiger partial charge in [-0.3, -0.25) is 19.2 Å². The Labute approximate surface area is 240 Å². The molecule has 14 heteroatoms. The lowest BCUT2D eigenvalue weighted by Gasteiger charge is -2.35. The molecule has 0 radical (unpaired) electrons. The van der Waals surface area contributed by atoms with Gasteiger partial charge in [0.15, 0.2) is 5.40 Å². The van der Waals surface area contributed by atoms with E-state index in [9.17, 15) is 24.0 Å². The average Bonchev–Trinajstić information content (AvgIpc) is 2.81. The van der Waals surface area contributed by atoms with Crippen molar-refractivity contribution in [2.75, 3.05) is 0 Å². The van der Waals surface area contributed by atoms with Gasteiger partial charge in [0.05, 0.1) is 29.3 Å². The molecule has 0 spiro atoms. The van der Waals surface area contributed by atoms with Gasteiger partial charge in [-0.1, -0.05) is 12.1 Å². The van der Waals surface area contributed by atoms with Crippen LogP contribution in [0, 0.1) is 10.1 Å². The maximum atomic E-state index is 14.3. The van der Waals surface area contributed by atoms with Crippen molar-refractivity contribution >= 4 is 27.0 Å². The minimum absolute atomic E-state index is 0.0546. The molecule has 0 aromatic heterocycles. The number of ether oxygens (including phenoxy) is 2. The molecule has 0 aliphatic heterocycles. The van der Waals surface area contributed by atoms with Gasteiger partial charge in [-0.25, -0.2) is 4.79 Å². The van der Waals surface area contributed by atoms with Crippen LogP contribution in [-0.4, -0.2) is 40.9 Å². The maximum Gasteiger partial charge on any atom is 0.519 e. The van der Waals surface area contributed by atoms with Crippen molar-refractivity contribution in [3.05, 3.63) is 64.2 Å². The molecule has 0 fully saturated rings. The van der Waals surface area contributed by atoms with Crippen LogP contribution < -0.4 is 9.47 Å². The van der Waals surface area contributed by atoms with Gasteiger partial charge in [-0.05, 0) is 91.6 Å². The summed E-state index contributed by atoms with van der Waals surface area (Å²) in [6.07, 6.45) is -3.14. The summed E-state index contributed by atoms with van der Waals surface area (Å²) in [6.45, 7) is 13.6. The van der Waals surface area contributed by atoms with E-state index in [2.05, 4.69) is 0 Å². The molecule has 0 aliphatic carbocycles. The van der Waals surface area contributed by atoms with Crippen LogP contribution in [0.3, 0.4) is 0 Å². The Balaban J connectivity index is 2.33. The van der Waals surface area contributed by atoms with E-state index in [0.29, 0.717) is 5.56 Å². The van der Waals surface area contributed by atoms with E-state index in [0.717, 1.165) is 0 Å². The summed E-state index contributed by atoms with van der Waals surface area (Å²) in [5.74, 6) is 0.203. The largest absolute Gasteiger partial charge is 0.519 e. The standard InChI is InChI=1S/C27H39NO11P2/c1-18(2)36-40(32,37-19(3)4)26(41(33,38-20(5)6)39-21(7)8)17-22-9-13-24(14-10-22)34-27(29)35-25-15-11-23(12-16-25)28(30)31/h9-16,18-21,26H,17H2,1-8H3. The summed E-state index contributed by atoms with van der Waals surface area (Å²) in [6, 6.07) is 11.1. The molecule has 0 saturated carbocycles. The Bertz CT molecular complexity index is 1180. The highest BCUT2D eigenvalue weighted by Gasteiger charge is 2.52. The van der Waals surface area contributed by atoms with E-state index in [-0.39, 0.29) is 23.6 Å². The van der Waals surface area contributed by atoms with Gasteiger partial charge in [0, 0.05) is 12.1 Å². The fourth-order valence-electron chi connectivity index (χ4n) is 3.66. The first-order valence-electron chi connectivity index (χ1n) is 13.2. The number of rotatable bonds is 15. The third-order valence-electron chi connectivity index (χ3n) is 4.95. The van der Waals surface area contributed by atoms with E-state index < -0.39 is 56.1 Å². The van der Waals surface area contributed by atoms with Gasteiger partial charge in [0.25, 0.3) is 5.69 Å². The number of nitrogens with zero attached hydrogens (tertiary/aromatic N) is 1. The van der Waals surface area contributed by atoms with E-state index in [1.54, 1.807) is 67.5 Å². The number of hydrogen-bond donors (Lipinski definition) is 0. The van der Waals surface area contributed by atoms with Crippen molar-refractivity contribution in [1.29, 1.82) is 0 Å². The van der Waals surface area contributed by atoms with Crippen molar-refractivity contribution in [3.63, 3.8) is 0 Å². The summed E-state index contributed by atoms with van der Waals surface area (Å²) < 4.78 is 62.1. The van der Waals surface area contributed by atoms with Gasteiger partial charge in [-0.15, -0.1) is 0 Å². The normalized spacial score (nSPS) is 12.5. The molecule has 0 aliphatic rings. The van der Waals surface area contributed by atoms with Crippen molar-refractivity contribution < 1.29 is 46.4 Å². The van der Waals surface area contributed by atoms with Crippen molar-refractivity contribution in [3.8, 4) is 11.5 Å². The first kappa shape index (κ1) is 34.6. The second kappa shape index (κ2) is 15.0. The average molecular weight is 616 g/mol. The summed E-state index contributed by atoms with van der Waals surface area (Å²) in [7, 11) is -8.17. The third kappa shape index (κ3) is 11.0. The van der Waals surface area contributed by atoms with Crippen LogP contribution in [0.4, 0.5) is 10.5 Å². The maximum absolute atomic E-state index is 14.3. The van der Waals surface area contributed by atoms with Crippen LogP contribution in [0.2, 0.25) is 0 Å². The predicted molar refractivity (Wildman–Crippen MR) is 154 cm³/mol. The zero-order valence-corrected chi connectivity index (χ0v) is 26.3. The Morgan fingerprint density at radius 2 is 1.02 bits per heavy atom. The highest BCUT2D eigenvalue weighted by molar-refractivity contribution is 7.72. The van der Waals surface area contributed by atoms with Crippen LogP contribution in [0.15, 0.2) is 48.5 Å². The Morgan fingerprint density at radius 3 is 1.34 bits per heavy atom. The smallest absolute Gasteiger partial charge is 0.395 e. The SMILES string of the molecule is CC(C)OP(=O)(OC(C)C)C(Cc1ccc(OC(=O)Oc2ccc([N+](=O)[O-])cc2)cc1)P(=O)(OC(C)C)OC(C)C. The molecule has 2 rings (SSSR count). The summed E-state index contributed by atoms with van der Waals surface area (Å²) in [4.78, 5) is 22.4. The van der Waals surface area contributed by atoms with Crippen molar-refractivity contribution in [1.82, 2.24) is 0 Å². The van der Waals surface area contributed by atoms with Gasteiger partial charge in [-0.2, -0.15) is 0 Å². The molecule has 228 valence electrons. The minimum Gasteiger partial charge on any atom is -0.395 e. The molecule has 0 atom stereocenters. The van der Waals surface area contributed by atoms with Gasteiger partial charge < -0.3 is 27.6 Å². The van der Waals surface area contributed by atoms with Crippen LogP contribution in [0.5, 0.6) is 11.5 Å². The van der Waals surface area contributed by atoms with E-state index in [1.165, 1.54) is 36.4 Å². The number of carbonyl (C=O) groups is 1. The highest BCUT2D eigenvalue weighted by atomic mass is 31.2. The Morgan fingerprint density at radius 1 is 0.683 bits per heavy atom. The second-order valence-electron chi connectivity index (χ2n) is 10.2. The number of non-ortho nitro benzene ring substituents is 1. The molecule has 0 N–H and O–H groups in total. The van der Waals surface area contributed by atoms with E-state index in [1.807, 2.05) is 0 Å². The molecule has 0 heterocycles. The zero-order valence-electron chi connectivity index (χ0n) is 24.5. The van der Waals surface area contributed by atoms with Gasteiger partial charge >= 0.3 is 21.3 Å². The molecule has 41 heavy (non-hydrogen) atoms. The number of nitro benzene ring substituents is 1. The van der Waals surface area contributed by atoms with Gasteiger partial charge in [0.1, 0.15) is 11.5 Å². The van der Waals surface area contributed by atoms with Crippen molar-refractivity contribution in [2.24, 2.45) is 0 Å². The Kier molecular flexibility index (Phi) is 12.7. The zero-order chi connectivity index (χ0) is 31.0. The van der Waals surface area contributed by atoms with E-state index in [4.69, 9.17) is 27.6 Å². The lowest BCUT2D eigenvalue weighted by molar-refractivity contribution is -0.384. The first-order valence-corrected chi connectivity index (χ1v) is 16.4. The van der Waals surface area contributed by atoms with Crippen molar-refractivity contribution in [2.45, 2.75) is 91.6 Å². The van der Waals surface area contributed by atoms with Crippen LogP contribution >= 0.6 is 15.2 Å². The molecule has 2 aromatic rings. The first-order chi connectivity index (χ1) is 19.0. The number of benzene rings is 2. The molecule has 0 bridgehead atoms. The minimum atomic E-state index is -4.09. The molecular weight excluding hydrogens is 576 g/mol. The highest BCUT2D eigenvalue weighted by Crippen LogP contribution is 2.72. The monoisotopic (exact) mass is 615 g/mol. The van der Waals surface area contributed by atoms with Crippen LogP contribution in [-0.2, 0) is 33.6 Å². The summed E-state index contributed by atoms with van der Waals surface area (Å²) >= 11 is 0. The molecule has 2 aromatic carbocycles. The molecule has 0 unspecified atom stereocenters. The number of nitro groups is 1. The van der Waals surface area contributed by atoms with Crippen LogP contribution in [0.25, 0.3) is 0 Å². The molecule has 12 nitrogen and oxygen atoms in total. The number of carbonyl (C=O) groups excluding carboxylic acids is 1. The summed E-state index contributed by atoms with van der Waals surface area (Å²) in [5.41, 5.74) is 0.426. The lowest BCUT2D eigenvalue weighted by Crippen LogP contribution is -2.25. The quantitative estimate of drug-likeness (QED) is 0.0628. The van der Waals surface area contributed by atoms with Gasteiger partial charge in [0.2, 0.25) is 0 Å². The second-order valence-corrected chi connectivity index (χ2v) is 14.9. The molecule has 0 saturated heterocycles. The fraction of sp³-hybridized carbons (Fsp3) is 0.519. The number of hydrogen-bond acceptors (Lipinski definition) is 11. The molecular formula is C27H39NO11P2. The third-order valence-corrected chi connectivity index (χ3v) is 11.3. The topological polar surface area (TPSA) is 150 Å².